The third-order valence-corrected chi connectivity index (χ3v) is 5.51. The van der Waals surface area contributed by atoms with E-state index in [1.165, 1.54) is 6.42 Å². The Bertz CT molecular complexity index is 615. The van der Waals surface area contributed by atoms with Gasteiger partial charge in [-0.3, -0.25) is 9.59 Å². The normalized spacial score (nSPS) is 20.0. The summed E-state index contributed by atoms with van der Waals surface area (Å²) < 4.78 is 2.08. The molecule has 5 nitrogen and oxygen atoms in total. The van der Waals surface area contributed by atoms with E-state index in [0.717, 1.165) is 44.3 Å². The molecule has 0 radical (unpaired) electrons. The van der Waals surface area contributed by atoms with E-state index >= 15 is 0 Å². The van der Waals surface area contributed by atoms with Gasteiger partial charge >= 0.3 is 0 Å². The fourth-order valence-electron chi connectivity index (χ4n) is 3.82. The molecule has 2 aliphatic rings. The first kappa shape index (κ1) is 18.0. The number of hydrogen-bond acceptors (Lipinski definition) is 2. The highest BCUT2D eigenvalue weighted by atomic mass is 16.2. The molecule has 0 spiro atoms. The SMILES string of the molecule is CC(C)(C)n1ccc(C(=O)N2CCC(C(=O)N3CCCCC3)CC2)c1. The number of piperidine rings is 2. The fourth-order valence-corrected chi connectivity index (χ4v) is 3.82. The van der Waals surface area contributed by atoms with Crippen molar-refractivity contribution >= 4 is 11.8 Å². The maximum absolute atomic E-state index is 12.7. The Labute approximate surface area is 151 Å². The molecule has 3 heterocycles. The van der Waals surface area contributed by atoms with E-state index in [9.17, 15) is 9.59 Å². The number of likely N-dealkylation sites (tertiary alicyclic amines) is 2. The number of amides is 2. The first-order valence-electron chi connectivity index (χ1n) is 9.63. The van der Waals surface area contributed by atoms with Crippen LogP contribution in [0.25, 0.3) is 0 Å². The molecule has 2 saturated heterocycles. The Morgan fingerprint density at radius 1 is 0.960 bits per heavy atom. The van der Waals surface area contributed by atoms with Crippen LogP contribution in [0.4, 0.5) is 0 Å². The number of carbonyl (C=O) groups is 2. The van der Waals surface area contributed by atoms with Gasteiger partial charge in [-0.25, -0.2) is 0 Å². The molecule has 0 aromatic carbocycles. The maximum Gasteiger partial charge on any atom is 0.255 e. The van der Waals surface area contributed by atoms with Crippen molar-refractivity contribution in [1.82, 2.24) is 14.4 Å². The van der Waals surface area contributed by atoms with Crippen LogP contribution in [0, 0.1) is 5.92 Å². The predicted molar refractivity (Wildman–Crippen MR) is 98.5 cm³/mol. The molecular formula is C20H31N3O2. The standard InChI is InChI=1S/C20H31N3O2/c1-20(2,3)23-14-9-17(15-23)19(25)22-12-7-16(8-13-22)18(24)21-10-5-4-6-11-21/h9,14-16H,4-8,10-13H2,1-3H3. The van der Waals surface area contributed by atoms with Gasteiger partial charge in [-0.2, -0.15) is 0 Å². The lowest BCUT2D eigenvalue weighted by Gasteiger charge is -2.35. The average Bonchev–Trinajstić information content (AvgIpc) is 3.12. The van der Waals surface area contributed by atoms with E-state index in [2.05, 4.69) is 25.3 Å². The Balaban J connectivity index is 1.55. The van der Waals surface area contributed by atoms with Crippen LogP contribution in [0.1, 0.15) is 63.2 Å². The van der Waals surface area contributed by atoms with Crippen LogP contribution in [0.15, 0.2) is 18.5 Å². The molecule has 0 N–H and O–H groups in total. The third kappa shape index (κ3) is 4.07. The van der Waals surface area contributed by atoms with Gasteiger partial charge in [0.2, 0.25) is 5.91 Å². The zero-order valence-corrected chi connectivity index (χ0v) is 15.8. The van der Waals surface area contributed by atoms with Crippen LogP contribution in [0.2, 0.25) is 0 Å². The number of hydrogen-bond donors (Lipinski definition) is 0. The molecule has 1 aromatic rings. The molecule has 0 saturated carbocycles. The topological polar surface area (TPSA) is 45.6 Å². The molecule has 5 heteroatoms. The van der Waals surface area contributed by atoms with Gasteiger partial charge in [0.05, 0.1) is 5.56 Å². The molecule has 138 valence electrons. The summed E-state index contributed by atoms with van der Waals surface area (Å²) in [6.07, 6.45) is 9.00. The summed E-state index contributed by atoms with van der Waals surface area (Å²) in [5.41, 5.74) is 0.725. The highest BCUT2D eigenvalue weighted by Crippen LogP contribution is 2.24. The van der Waals surface area contributed by atoms with Crippen LogP contribution in [-0.2, 0) is 10.3 Å². The van der Waals surface area contributed by atoms with Gasteiger partial charge in [-0.1, -0.05) is 0 Å². The van der Waals surface area contributed by atoms with Crippen LogP contribution in [0.3, 0.4) is 0 Å². The van der Waals surface area contributed by atoms with Crippen molar-refractivity contribution in [1.29, 1.82) is 0 Å². The van der Waals surface area contributed by atoms with Crippen molar-refractivity contribution in [3.63, 3.8) is 0 Å². The van der Waals surface area contributed by atoms with Gasteiger partial charge in [0, 0.05) is 50.0 Å². The van der Waals surface area contributed by atoms with E-state index in [1.807, 2.05) is 28.3 Å². The number of nitrogens with zero attached hydrogens (tertiary/aromatic N) is 3. The van der Waals surface area contributed by atoms with Gasteiger partial charge in [0.25, 0.3) is 5.91 Å². The summed E-state index contributed by atoms with van der Waals surface area (Å²) in [5, 5.41) is 0. The maximum atomic E-state index is 12.7. The van der Waals surface area contributed by atoms with Crippen LogP contribution in [-0.4, -0.2) is 52.4 Å². The second-order valence-corrected chi connectivity index (χ2v) is 8.43. The van der Waals surface area contributed by atoms with E-state index in [0.29, 0.717) is 19.0 Å². The van der Waals surface area contributed by atoms with E-state index < -0.39 is 0 Å². The monoisotopic (exact) mass is 345 g/mol. The Morgan fingerprint density at radius 3 is 2.16 bits per heavy atom. The molecule has 0 unspecified atom stereocenters. The molecule has 2 fully saturated rings. The predicted octanol–water partition coefficient (Wildman–Crippen LogP) is 3.11. The fraction of sp³-hybridized carbons (Fsp3) is 0.700. The summed E-state index contributed by atoms with van der Waals surface area (Å²) in [6.45, 7) is 9.57. The Morgan fingerprint density at radius 2 is 1.60 bits per heavy atom. The molecule has 25 heavy (non-hydrogen) atoms. The van der Waals surface area contributed by atoms with Gasteiger partial charge in [-0.05, 0) is 58.9 Å². The van der Waals surface area contributed by atoms with Gasteiger partial charge in [0.1, 0.15) is 0 Å². The van der Waals surface area contributed by atoms with Crippen molar-refractivity contribution in [2.24, 2.45) is 5.92 Å². The first-order valence-corrected chi connectivity index (χ1v) is 9.63. The minimum absolute atomic E-state index is 0.0214. The van der Waals surface area contributed by atoms with Crippen molar-refractivity contribution in [3.8, 4) is 0 Å². The third-order valence-electron chi connectivity index (χ3n) is 5.51. The molecule has 0 aliphatic carbocycles. The molecule has 0 bridgehead atoms. The van der Waals surface area contributed by atoms with Crippen molar-refractivity contribution < 1.29 is 9.59 Å². The van der Waals surface area contributed by atoms with Crippen LogP contribution in [0.5, 0.6) is 0 Å². The Kier molecular flexibility index (Phi) is 5.21. The summed E-state index contributed by atoms with van der Waals surface area (Å²) in [6, 6.07) is 1.90. The number of rotatable bonds is 2. The largest absolute Gasteiger partial charge is 0.348 e. The molecule has 1 aromatic heterocycles. The minimum Gasteiger partial charge on any atom is -0.348 e. The van der Waals surface area contributed by atoms with E-state index in [-0.39, 0.29) is 17.4 Å². The minimum atomic E-state index is -0.0214. The highest BCUT2D eigenvalue weighted by Gasteiger charge is 2.31. The molecular weight excluding hydrogens is 314 g/mol. The van der Waals surface area contributed by atoms with E-state index in [4.69, 9.17) is 0 Å². The summed E-state index contributed by atoms with van der Waals surface area (Å²) in [7, 11) is 0. The first-order chi connectivity index (χ1) is 11.9. The number of carbonyl (C=O) groups excluding carboxylic acids is 2. The van der Waals surface area contributed by atoms with E-state index in [1.54, 1.807) is 0 Å². The lowest BCUT2D eigenvalue weighted by Crippen LogP contribution is -2.45. The zero-order chi connectivity index (χ0) is 18.0. The second-order valence-electron chi connectivity index (χ2n) is 8.43. The van der Waals surface area contributed by atoms with Crippen molar-refractivity contribution in [3.05, 3.63) is 24.0 Å². The lowest BCUT2D eigenvalue weighted by atomic mass is 9.94. The summed E-state index contributed by atoms with van der Waals surface area (Å²) >= 11 is 0. The van der Waals surface area contributed by atoms with Gasteiger partial charge in [-0.15, -0.1) is 0 Å². The van der Waals surface area contributed by atoms with Gasteiger partial charge < -0.3 is 14.4 Å². The average molecular weight is 345 g/mol. The summed E-state index contributed by atoms with van der Waals surface area (Å²) in [5.74, 6) is 0.499. The van der Waals surface area contributed by atoms with Crippen molar-refractivity contribution in [2.45, 2.75) is 58.4 Å². The molecule has 2 aliphatic heterocycles. The highest BCUT2D eigenvalue weighted by molar-refractivity contribution is 5.94. The quantitative estimate of drug-likeness (QED) is 0.827. The summed E-state index contributed by atoms with van der Waals surface area (Å²) in [4.78, 5) is 29.3. The lowest BCUT2D eigenvalue weighted by molar-refractivity contribution is -0.137. The Hall–Kier alpha value is -1.78. The molecule has 3 rings (SSSR count). The smallest absolute Gasteiger partial charge is 0.255 e. The zero-order valence-electron chi connectivity index (χ0n) is 15.8. The van der Waals surface area contributed by atoms with Crippen LogP contribution >= 0.6 is 0 Å². The van der Waals surface area contributed by atoms with Crippen molar-refractivity contribution in [2.75, 3.05) is 26.2 Å². The van der Waals surface area contributed by atoms with Crippen LogP contribution < -0.4 is 0 Å². The number of aromatic nitrogens is 1. The second kappa shape index (κ2) is 7.22. The molecule has 2 amide bonds. The molecule has 0 atom stereocenters. The van der Waals surface area contributed by atoms with Gasteiger partial charge in [0.15, 0.2) is 0 Å².